The maximum atomic E-state index is 12.1. The highest BCUT2D eigenvalue weighted by molar-refractivity contribution is 5.80. The molecule has 0 bridgehead atoms. The molecule has 0 aliphatic heterocycles. The predicted molar refractivity (Wildman–Crippen MR) is 82.3 cm³/mol. The molecule has 0 radical (unpaired) electrons. The Morgan fingerprint density at radius 1 is 1.22 bits per heavy atom. The number of rotatable bonds is 5. The van der Waals surface area contributed by atoms with Crippen LogP contribution in [0.5, 0.6) is 0 Å². The first kappa shape index (κ1) is 15.3. The van der Waals surface area contributed by atoms with Gasteiger partial charge in [0.1, 0.15) is 5.69 Å². The van der Waals surface area contributed by atoms with Gasteiger partial charge in [-0.05, 0) is 19.3 Å². The summed E-state index contributed by atoms with van der Waals surface area (Å²) in [5, 5.41) is 15.8. The molecule has 2 atom stereocenters. The van der Waals surface area contributed by atoms with Gasteiger partial charge in [-0.1, -0.05) is 35.5 Å². The van der Waals surface area contributed by atoms with Crippen LogP contribution in [0.25, 0.3) is 11.3 Å². The molecule has 0 saturated heterocycles. The van der Waals surface area contributed by atoms with E-state index in [1.165, 1.54) is 0 Å². The van der Waals surface area contributed by atoms with Gasteiger partial charge >= 0.3 is 5.97 Å². The molecule has 1 fully saturated rings. The molecule has 23 heavy (non-hydrogen) atoms. The molecule has 1 aromatic carbocycles. The monoisotopic (exact) mass is 314 g/mol. The third-order valence-corrected chi connectivity index (χ3v) is 4.22. The molecule has 0 spiro atoms. The second-order valence-electron chi connectivity index (χ2n) is 5.81. The molecule has 1 aliphatic rings. The molecule has 1 amide bonds. The number of carbonyl (C=O) groups excluding carboxylic acids is 1. The highest BCUT2D eigenvalue weighted by atomic mass is 16.5. The van der Waals surface area contributed by atoms with Crippen molar-refractivity contribution in [3.8, 4) is 11.3 Å². The number of hydrogen-bond acceptors (Lipinski definition) is 4. The third kappa shape index (κ3) is 3.59. The average Bonchev–Trinajstić information content (AvgIpc) is 3.23. The van der Waals surface area contributed by atoms with E-state index in [1.807, 2.05) is 30.3 Å². The van der Waals surface area contributed by atoms with Crippen LogP contribution in [0.1, 0.15) is 25.0 Å². The van der Waals surface area contributed by atoms with Gasteiger partial charge in [-0.3, -0.25) is 9.59 Å². The molecule has 6 nitrogen and oxygen atoms in total. The Morgan fingerprint density at radius 3 is 2.65 bits per heavy atom. The van der Waals surface area contributed by atoms with E-state index >= 15 is 0 Å². The highest BCUT2D eigenvalue weighted by Gasteiger charge is 2.33. The third-order valence-electron chi connectivity index (χ3n) is 4.22. The summed E-state index contributed by atoms with van der Waals surface area (Å²) in [6, 6.07) is 11.4. The topological polar surface area (TPSA) is 92.4 Å². The van der Waals surface area contributed by atoms with Crippen LogP contribution in [0.2, 0.25) is 0 Å². The van der Waals surface area contributed by atoms with Gasteiger partial charge < -0.3 is 14.9 Å². The van der Waals surface area contributed by atoms with Crippen LogP contribution in [0.4, 0.5) is 0 Å². The van der Waals surface area contributed by atoms with Crippen molar-refractivity contribution in [2.24, 2.45) is 11.8 Å². The Bertz CT molecular complexity index is 696. The number of amides is 1. The zero-order valence-corrected chi connectivity index (χ0v) is 12.6. The number of aliphatic carboxylic acids is 1. The van der Waals surface area contributed by atoms with Crippen LogP contribution >= 0.6 is 0 Å². The number of carboxylic acid groups (broad SMARTS) is 1. The van der Waals surface area contributed by atoms with Crippen LogP contribution in [-0.2, 0) is 16.1 Å². The predicted octanol–water partition coefficient (Wildman–Crippen LogP) is 2.46. The quantitative estimate of drug-likeness (QED) is 0.884. The first-order chi connectivity index (χ1) is 11.1. The van der Waals surface area contributed by atoms with E-state index in [0.29, 0.717) is 25.0 Å². The second-order valence-corrected chi connectivity index (χ2v) is 5.81. The number of carboxylic acids is 1. The lowest BCUT2D eigenvalue weighted by molar-refractivity contribution is -0.141. The lowest BCUT2D eigenvalue weighted by Gasteiger charge is -2.09. The SMILES string of the molecule is O=C(O)[C@@H]1CC[C@H](C(=O)NCc2cc(-c3ccccc3)no2)C1. The number of nitrogens with zero attached hydrogens (tertiary/aromatic N) is 1. The first-order valence-corrected chi connectivity index (χ1v) is 7.65. The summed E-state index contributed by atoms with van der Waals surface area (Å²) in [6.45, 7) is 0.257. The minimum absolute atomic E-state index is 0.119. The van der Waals surface area contributed by atoms with Gasteiger partial charge in [0.25, 0.3) is 0 Å². The summed E-state index contributed by atoms with van der Waals surface area (Å²) in [7, 11) is 0. The van der Waals surface area contributed by atoms with Crippen LogP contribution in [0.15, 0.2) is 40.9 Å². The molecular weight excluding hydrogens is 296 g/mol. The molecular formula is C17H18N2O4. The van der Waals surface area contributed by atoms with Gasteiger partial charge in [-0.15, -0.1) is 0 Å². The van der Waals surface area contributed by atoms with Crippen molar-refractivity contribution in [3.63, 3.8) is 0 Å². The largest absolute Gasteiger partial charge is 0.481 e. The summed E-state index contributed by atoms with van der Waals surface area (Å²) in [5.74, 6) is -0.993. The fourth-order valence-electron chi connectivity index (χ4n) is 2.90. The van der Waals surface area contributed by atoms with Crippen molar-refractivity contribution in [3.05, 3.63) is 42.2 Å². The van der Waals surface area contributed by atoms with Gasteiger partial charge in [-0.25, -0.2) is 0 Å². The average molecular weight is 314 g/mol. The maximum Gasteiger partial charge on any atom is 0.306 e. The maximum absolute atomic E-state index is 12.1. The normalized spacial score (nSPS) is 20.3. The standard InChI is InChI=1S/C17H18N2O4/c20-16(12-6-7-13(8-12)17(21)22)18-10-14-9-15(19-23-14)11-4-2-1-3-5-11/h1-5,9,12-13H,6-8,10H2,(H,18,20)(H,21,22)/t12-,13+/m0/s1. The van der Waals surface area contributed by atoms with E-state index in [0.717, 1.165) is 11.3 Å². The lowest BCUT2D eigenvalue weighted by atomic mass is 10.0. The number of aromatic nitrogens is 1. The van der Waals surface area contributed by atoms with E-state index < -0.39 is 11.9 Å². The van der Waals surface area contributed by atoms with Crippen molar-refractivity contribution < 1.29 is 19.2 Å². The first-order valence-electron chi connectivity index (χ1n) is 7.65. The van der Waals surface area contributed by atoms with Gasteiger partial charge in [-0.2, -0.15) is 0 Å². The van der Waals surface area contributed by atoms with Gasteiger partial charge in [0.15, 0.2) is 5.76 Å². The molecule has 6 heteroatoms. The van der Waals surface area contributed by atoms with Crippen LogP contribution in [-0.4, -0.2) is 22.1 Å². The van der Waals surface area contributed by atoms with E-state index in [9.17, 15) is 9.59 Å². The highest BCUT2D eigenvalue weighted by Crippen LogP contribution is 2.31. The Morgan fingerprint density at radius 2 is 1.96 bits per heavy atom. The minimum Gasteiger partial charge on any atom is -0.481 e. The molecule has 1 aliphatic carbocycles. The van der Waals surface area contributed by atoms with E-state index in [1.54, 1.807) is 6.07 Å². The fourth-order valence-corrected chi connectivity index (χ4v) is 2.90. The van der Waals surface area contributed by atoms with Crippen LogP contribution in [0, 0.1) is 11.8 Å². The van der Waals surface area contributed by atoms with Gasteiger partial charge in [0.2, 0.25) is 5.91 Å². The molecule has 1 heterocycles. The van der Waals surface area contributed by atoms with E-state index in [-0.39, 0.29) is 18.4 Å². The van der Waals surface area contributed by atoms with Crippen LogP contribution in [0.3, 0.4) is 0 Å². The smallest absolute Gasteiger partial charge is 0.306 e. The molecule has 1 aromatic heterocycles. The fraction of sp³-hybridized carbons (Fsp3) is 0.353. The van der Waals surface area contributed by atoms with Crippen LogP contribution < -0.4 is 5.32 Å². The number of nitrogens with one attached hydrogen (secondary N) is 1. The molecule has 1 saturated carbocycles. The second kappa shape index (κ2) is 6.64. The van der Waals surface area contributed by atoms with Crippen molar-refractivity contribution in [2.75, 3.05) is 0 Å². The number of benzene rings is 1. The van der Waals surface area contributed by atoms with Crippen molar-refractivity contribution in [2.45, 2.75) is 25.8 Å². The Balaban J connectivity index is 1.54. The van der Waals surface area contributed by atoms with E-state index in [2.05, 4.69) is 10.5 Å². The summed E-state index contributed by atoms with van der Waals surface area (Å²) >= 11 is 0. The molecule has 2 aromatic rings. The minimum atomic E-state index is -0.817. The van der Waals surface area contributed by atoms with Crippen molar-refractivity contribution in [1.29, 1.82) is 0 Å². The van der Waals surface area contributed by atoms with E-state index in [4.69, 9.17) is 9.63 Å². The lowest BCUT2D eigenvalue weighted by Crippen LogP contribution is -2.29. The number of hydrogen-bond donors (Lipinski definition) is 2. The zero-order valence-electron chi connectivity index (χ0n) is 12.6. The van der Waals surface area contributed by atoms with Crippen molar-refractivity contribution >= 4 is 11.9 Å². The molecule has 2 N–H and O–H groups in total. The Hall–Kier alpha value is -2.63. The Labute approximate surface area is 133 Å². The zero-order chi connectivity index (χ0) is 16.2. The number of carbonyl (C=O) groups is 2. The summed E-state index contributed by atoms with van der Waals surface area (Å²) < 4.78 is 5.23. The molecule has 120 valence electrons. The summed E-state index contributed by atoms with van der Waals surface area (Å²) in [6.07, 6.45) is 1.59. The Kier molecular flexibility index (Phi) is 4.41. The molecule has 3 rings (SSSR count). The molecule has 0 unspecified atom stereocenters. The van der Waals surface area contributed by atoms with Gasteiger partial charge in [0.05, 0.1) is 12.5 Å². The summed E-state index contributed by atoms with van der Waals surface area (Å²) in [5.41, 5.74) is 1.68. The van der Waals surface area contributed by atoms with Crippen molar-refractivity contribution in [1.82, 2.24) is 10.5 Å². The summed E-state index contributed by atoms with van der Waals surface area (Å²) in [4.78, 5) is 23.0. The van der Waals surface area contributed by atoms with Gasteiger partial charge in [0, 0.05) is 17.5 Å².